The van der Waals surface area contributed by atoms with Crippen molar-refractivity contribution in [3.05, 3.63) is 36.2 Å². The predicted octanol–water partition coefficient (Wildman–Crippen LogP) is 6.68. The number of hydrogen-bond acceptors (Lipinski definition) is 9. The van der Waals surface area contributed by atoms with Crippen LogP contribution in [0.25, 0.3) is 22.3 Å². The number of likely N-dealkylation sites (tertiary alicyclic amines) is 2. The van der Waals surface area contributed by atoms with Gasteiger partial charge in [-0.25, -0.2) is 27.5 Å². The second kappa shape index (κ2) is 14.5. The maximum atomic E-state index is 15.0. The number of nitrogens with one attached hydrogen (secondary N) is 1. The Labute approximate surface area is 337 Å². The van der Waals surface area contributed by atoms with Gasteiger partial charge in [-0.15, -0.1) is 0 Å². The van der Waals surface area contributed by atoms with Crippen LogP contribution in [-0.4, -0.2) is 117 Å². The molecule has 2 aromatic heterocycles. The van der Waals surface area contributed by atoms with E-state index in [4.69, 9.17) is 14.7 Å². The molecule has 3 saturated heterocycles. The van der Waals surface area contributed by atoms with Gasteiger partial charge in [-0.1, -0.05) is 18.6 Å². The Balaban J connectivity index is 0.986. The monoisotopic (exact) mass is 800 g/mol. The third-order valence-electron chi connectivity index (χ3n) is 13.5. The minimum absolute atomic E-state index is 0.110. The summed E-state index contributed by atoms with van der Waals surface area (Å²) in [7, 11) is -3.62. The smallest absolute Gasteiger partial charge is 0.410 e. The Hall–Kier alpha value is -3.75. The zero-order chi connectivity index (χ0) is 39.9. The standard InChI is InChI=1S/C43H60N8O5S/c1-28(2)50-27-44-36-26-35(46-39(38(36)50)45-30-10-11-30)29-9-12-34-37(23-29)51(32-24-31(25-32)47-17-7-6-8-18-47)40(52)43(34)15-21-49(22-16-43)57(54,55)33-13-19-48(20-14-33)41(53)56-42(3,4)5/h9,12,23,26-28,30-33H,6-8,10-11,13-22,24-25H2,1-5H3,(H,45,46)/t31-,32+. The van der Waals surface area contributed by atoms with E-state index in [1.807, 2.05) is 27.1 Å². The third kappa shape index (κ3) is 7.11. The molecule has 2 aliphatic carbocycles. The normalized spacial score (nSPS) is 25.0. The lowest BCUT2D eigenvalue weighted by atomic mass is 9.73. The van der Waals surface area contributed by atoms with Crippen LogP contribution in [0.15, 0.2) is 30.6 Å². The molecule has 308 valence electrons. The van der Waals surface area contributed by atoms with Crippen LogP contribution in [0.2, 0.25) is 0 Å². The van der Waals surface area contributed by atoms with E-state index in [-0.39, 0.29) is 18.0 Å². The molecule has 6 aliphatic rings. The molecule has 1 spiro atoms. The van der Waals surface area contributed by atoms with E-state index in [1.165, 1.54) is 19.3 Å². The zero-order valence-electron chi connectivity index (χ0n) is 34.4. The second-order valence-electron chi connectivity index (χ2n) is 18.9. The fraction of sp³-hybridized carbons (Fsp3) is 0.674. The van der Waals surface area contributed by atoms with Crippen LogP contribution in [0.4, 0.5) is 16.3 Å². The summed E-state index contributed by atoms with van der Waals surface area (Å²) >= 11 is 0. The first-order valence-corrected chi connectivity index (χ1v) is 23.1. The molecule has 6 heterocycles. The van der Waals surface area contributed by atoms with Gasteiger partial charge in [0.25, 0.3) is 0 Å². The lowest BCUT2D eigenvalue weighted by molar-refractivity contribution is -0.125. The molecule has 9 rings (SSSR count). The van der Waals surface area contributed by atoms with Crippen LogP contribution in [0.1, 0.15) is 117 Å². The summed E-state index contributed by atoms with van der Waals surface area (Å²) < 4.78 is 37.5. The summed E-state index contributed by atoms with van der Waals surface area (Å²) in [6, 6.07) is 9.75. The van der Waals surface area contributed by atoms with Gasteiger partial charge in [-0.2, -0.15) is 0 Å². The number of imidazole rings is 1. The first-order valence-electron chi connectivity index (χ1n) is 21.6. The minimum atomic E-state index is -3.62. The van der Waals surface area contributed by atoms with Crippen molar-refractivity contribution in [1.29, 1.82) is 0 Å². The molecular formula is C43H60N8O5S. The first-order chi connectivity index (χ1) is 27.2. The number of amides is 2. The van der Waals surface area contributed by atoms with Gasteiger partial charge in [0.05, 0.1) is 28.2 Å². The topological polar surface area (TPSA) is 133 Å². The molecule has 2 amide bonds. The highest BCUT2D eigenvalue weighted by atomic mass is 32.2. The average molecular weight is 801 g/mol. The molecular weight excluding hydrogens is 741 g/mol. The molecule has 0 atom stereocenters. The van der Waals surface area contributed by atoms with Gasteiger partial charge in [0, 0.05) is 61.6 Å². The number of ether oxygens (including phenoxy) is 1. The number of anilines is 2. The molecule has 1 N–H and O–H groups in total. The third-order valence-corrected chi connectivity index (χ3v) is 15.9. The van der Waals surface area contributed by atoms with E-state index in [2.05, 4.69) is 57.8 Å². The Bertz CT molecular complexity index is 2130. The van der Waals surface area contributed by atoms with Crippen molar-refractivity contribution >= 4 is 44.6 Å². The number of aromatic nitrogens is 3. The van der Waals surface area contributed by atoms with Crippen LogP contribution in [0.5, 0.6) is 0 Å². The van der Waals surface area contributed by atoms with Crippen molar-refractivity contribution in [2.75, 3.05) is 49.5 Å². The Morgan fingerprint density at radius 3 is 2.28 bits per heavy atom. The van der Waals surface area contributed by atoms with Crippen LogP contribution < -0.4 is 10.2 Å². The van der Waals surface area contributed by atoms with Crippen molar-refractivity contribution in [2.24, 2.45) is 0 Å². The molecule has 2 saturated carbocycles. The summed E-state index contributed by atoms with van der Waals surface area (Å²) in [6.45, 7) is 13.4. The number of rotatable bonds is 8. The Kier molecular flexibility index (Phi) is 9.87. The molecule has 0 unspecified atom stereocenters. The number of fused-ring (bicyclic) bond motifs is 3. The molecule has 1 aromatic carbocycles. The fourth-order valence-corrected chi connectivity index (χ4v) is 12.0. The number of nitrogens with zero attached hydrogens (tertiary/aromatic N) is 7. The summed E-state index contributed by atoms with van der Waals surface area (Å²) in [5, 5.41) is 3.11. The van der Waals surface area contributed by atoms with Gasteiger partial charge in [0.2, 0.25) is 15.9 Å². The summed E-state index contributed by atoms with van der Waals surface area (Å²) in [6.07, 6.45) is 11.1. The van der Waals surface area contributed by atoms with E-state index in [9.17, 15) is 13.2 Å². The zero-order valence-corrected chi connectivity index (χ0v) is 35.2. The number of piperidine rings is 3. The van der Waals surface area contributed by atoms with Gasteiger partial charge in [0.1, 0.15) is 11.1 Å². The molecule has 0 radical (unpaired) electrons. The summed E-state index contributed by atoms with van der Waals surface area (Å²) in [5.74, 6) is 0.975. The number of benzene rings is 1. The molecule has 13 nitrogen and oxygen atoms in total. The number of hydrogen-bond donors (Lipinski definition) is 1. The molecule has 3 aromatic rings. The van der Waals surface area contributed by atoms with Crippen molar-refractivity contribution < 1.29 is 22.7 Å². The van der Waals surface area contributed by atoms with Gasteiger partial charge in [-0.05, 0) is 130 Å². The number of pyridine rings is 1. The van der Waals surface area contributed by atoms with Crippen molar-refractivity contribution in [3.63, 3.8) is 0 Å². The predicted molar refractivity (Wildman–Crippen MR) is 222 cm³/mol. The van der Waals surface area contributed by atoms with Gasteiger partial charge >= 0.3 is 6.09 Å². The molecule has 4 aliphatic heterocycles. The van der Waals surface area contributed by atoms with E-state index in [1.54, 1.807) is 9.21 Å². The van der Waals surface area contributed by atoms with Crippen molar-refractivity contribution in [2.45, 2.75) is 146 Å². The van der Waals surface area contributed by atoms with Crippen LogP contribution >= 0.6 is 0 Å². The van der Waals surface area contributed by atoms with Crippen LogP contribution in [-0.2, 0) is 25.0 Å². The SMILES string of the molecule is CC(C)n1cnc2cc(-c3ccc4c(c3)N([C@H]3C[C@@H](N5CCCCC5)C3)C(=O)C43CCN(S(=O)(=O)C4CCN(C(=O)OC(C)(C)C)CC4)CC3)nc(NC3CC3)c21. The maximum Gasteiger partial charge on any atom is 0.410 e. The molecule has 57 heavy (non-hydrogen) atoms. The molecule has 14 heteroatoms. The van der Waals surface area contributed by atoms with E-state index in [0.29, 0.717) is 63.9 Å². The van der Waals surface area contributed by atoms with Crippen LogP contribution in [0.3, 0.4) is 0 Å². The van der Waals surface area contributed by atoms with Crippen LogP contribution in [0, 0.1) is 0 Å². The second-order valence-corrected chi connectivity index (χ2v) is 21.1. The lowest BCUT2D eigenvalue weighted by Gasteiger charge is -2.48. The highest BCUT2D eigenvalue weighted by molar-refractivity contribution is 7.89. The Morgan fingerprint density at radius 2 is 1.63 bits per heavy atom. The van der Waals surface area contributed by atoms with E-state index >= 15 is 4.79 Å². The summed E-state index contributed by atoms with van der Waals surface area (Å²) in [4.78, 5) is 44.1. The Morgan fingerprint density at radius 1 is 0.930 bits per heavy atom. The molecule has 5 fully saturated rings. The minimum Gasteiger partial charge on any atom is -0.444 e. The fourth-order valence-electron chi connectivity index (χ4n) is 10.1. The molecule has 0 bridgehead atoms. The summed E-state index contributed by atoms with van der Waals surface area (Å²) in [5.41, 5.74) is 4.29. The largest absolute Gasteiger partial charge is 0.444 e. The lowest BCUT2D eigenvalue weighted by Crippen LogP contribution is -2.58. The van der Waals surface area contributed by atoms with Gasteiger partial charge in [-0.3, -0.25) is 4.79 Å². The quantitative estimate of drug-likeness (QED) is 0.265. The highest BCUT2D eigenvalue weighted by Gasteiger charge is 2.56. The van der Waals surface area contributed by atoms with Crippen molar-refractivity contribution in [1.82, 2.24) is 28.6 Å². The van der Waals surface area contributed by atoms with Gasteiger partial charge in [0.15, 0.2) is 5.82 Å². The van der Waals surface area contributed by atoms with E-state index < -0.39 is 32.4 Å². The average Bonchev–Trinajstić information content (AvgIpc) is 3.83. The first kappa shape index (κ1) is 38.8. The number of carbonyl (C=O) groups excluding carboxylic acids is 2. The maximum absolute atomic E-state index is 15.0. The van der Waals surface area contributed by atoms with E-state index in [0.717, 1.165) is 78.1 Å². The van der Waals surface area contributed by atoms with Crippen molar-refractivity contribution in [3.8, 4) is 11.3 Å². The number of sulfonamides is 1. The number of carbonyl (C=O) groups is 2. The highest BCUT2D eigenvalue weighted by Crippen LogP contribution is 2.52. The van der Waals surface area contributed by atoms with Gasteiger partial charge < -0.3 is 29.3 Å².